The highest BCUT2D eigenvalue weighted by Crippen LogP contribution is 2.28. The van der Waals surface area contributed by atoms with E-state index in [-0.39, 0.29) is 17.4 Å². The molecular weight excluding hydrogens is 366 g/mol. The summed E-state index contributed by atoms with van der Waals surface area (Å²) in [6, 6.07) is 12.0. The van der Waals surface area contributed by atoms with Crippen LogP contribution in [0.1, 0.15) is 5.56 Å². The molecule has 0 saturated carbocycles. The summed E-state index contributed by atoms with van der Waals surface area (Å²) in [4.78, 5) is 14.2. The van der Waals surface area contributed by atoms with Crippen molar-refractivity contribution in [1.29, 1.82) is 0 Å². The lowest BCUT2D eigenvalue weighted by atomic mass is 10.2. The van der Waals surface area contributed by atoms with Gasteiger partial charge in [-0.3, -0.25) is 4.79 Å². The fourth-order valence-electron chi connectivity index (χ4n) is 2.42. The van der Waals surface area contributed by atoms with E-state index in [0.717, 1.165) is 9.87 Å². The van der Waals surface area contributed by atoms with Crippen LogP contribution in [0.3, 0.4) is 0 Å². The van der Waals surface area contributed by atoms with Crippen molar-refractivity contribution >= 4 is 27.3 Å². The number of rotatable bonds is 7. The van der Waals surface area contributed by atoms with E-state index < -0.39 is 10.0 Å². The van der Waals surface area contributed by atoms with Gasteiger partial charge in [0.25, 0.3) is 5.91 Å². The molecule has 0 aliphatic rings. The van der Waals surface area contributed by atoms with E-state index in [0.29, 0.717) is 17.1 Å². The number of hydrogen-bond acceptors (Lipinski definition) is 5. The van der Waals surface area contributed by atoms with Crippen LogP contribution < -0.4 is 15.0 Å². The molecule has 27 heavy (non-hydrogen) atoms. The third-order valence-corrected chi connectivity index (χ3v) is 5.67. The molecule has 0 spiro atoms. The van der Waals surface area contributed by atoms with Crippen LogP contribution >= 0.6 is 0 Å². The van der Waals surface area contributed by atoms with Gasteiger partial charge in [-0.2, -0.15) is 0 Å². The van der Waals surface area contributed by atoms with Gasteiger partial charge in [-0.05, 0) is 42.8 Å². The number of nitrogens with one attached hydrogen (secondary N) is 1. The lowest BCUT2D eigenvalue weighted by Gasteiger charge is -2.20. The van der Waals surface area contributed by atoms with Crippen LogP contribution in [-0.2, 0) is 14.8 Å². The fourth-order valence-corrected chi connectivity index (χ4v) is 3.35. The Hall–Kier alpha value is -2.58. The number of ether oxygens (including phenoxy) is 1. The Morgan fingerprint density at radius 1 is 1.07 bits per heavy atom. The minimum Gasteiger partial charge on any atom is -0.484 e. The average molecular weight is 391 g/mol. The Kier molecular flexibility index (Phi) is 6.45. The average Bonchev–Trinajstić information content (AvgIpc) is 2.59. The molecule has 0 saturated heterocycles. The molecule has 7 nitrogen and oxygen atoms in total. The summed E-state index contributed by atoms with van der Waals surface area (Å²) in [6.07, 6.45) is 0. The van der Waals surface area contributed by atoms with Gasteiger partial charge in [0.15, 0.2) is 6.61 Å². The molecule has 0 fully saturated rings. The first-order chi connectivity index (χ1) is 12.6. The van der Waals surface area contributed by atoms with Crippen molar-refractivity contribution in [2.75, 3.05) is 45.0 Å². The lowest BCUT2D eigenvalue weighted by molar-refractivity contribution is -0.118. The number of sulfonamides is 1. The summed E-state index contributed by atoms with van der Waals surface area (Å²) in [5.74, 6) is 0.223. The first kappa shape index (κ1) is 20.7. The van der Waals surface area contributed by atoms with Gasteiger partial charge in [0.2, 0.25) is 10.0 Å². The number of amides is 1. The van der Waals surface area contributed by atoms with Gasteiger partial charge in [0, 0.05) is 28.2 Å². The summed E-state index contributed by atoms with van der Waals surface area (Å²) in [5, 5.41) is 2.74. The highest BCUT2D eigenvalue weighted by atomic mass is 32.2. The zero-order chi connectivity index (χ0) is 20.2. The molecule has 2 aromatic rings. The van der Waals surface area contributed by atoms with Crippen LogP contribution in [0, 0.1) is 6.92 Å². The van der Waals surface area contributed by atoms with Gasteiger partial charge in [-0.15, -0.1) is 0 Å². The van der Waals surface area contributed by atoms with Crippen molar-refractivity contribution in [2.45, 2.75) is 11.8 Å². The number of hydrogen-bond donors (Lipinski definition) is 1. The topological polar surface area (TPSA) is 78.9 Å². The Morgan fingerprint density at radius 2 is 1.78 bits per heavy atom. The van der Waals surface area contributed by atoms with Crippen LogP contribution in [0.5, 0.6) is 5.75 Å². The Bertz CT molecular complexity index is 924. The molecule has 0 atom stereocenters. The summed E-state index contributed by atoms with van der Waals surface area (Å²) in [6.45, 7) is 1.76. The normalized spacial score (nSPS) is 11.3. The van der Waals surface area contributed by atoms with Gasteiger partial charge in [0.1, 0.15) is 5.75 Å². The van der Waals surface area contributed by atoms with E-state index in [1.165, 1.54) is 26.2 Å². The second-order valence-electron chi connectivity index (χ2n) is 6.51. The van der Waals surface area contributed by atoms with Crippen molar-refractivity contribution in [3.63, 3.8) is 0 Å². The smallest absolute Gasteiger partial charge is 0.262 e. The molecule has 2 aromatic carbocycles. The molecule has 2 rings (SSSR count). The van der Waals surface area contributed by atoms with Crippen LogP contribution in [0.2, 0.25) is 0 Å². The Labute approximate surface area is 160 Å². The quantitative estimate of drug-likeness (QED) is 0.784. The van der Waals surface area contributed by atoms with Crippen LogP contribution in [0.15, 0.2) is 47.4 Å². The standard InChI is InChI=1S/C19H25N3O4S/c1-14-7-6-8-15(11-14)26-13-19(23)20-17-12-16(27(24,25)22(4)5)9-10-18(17)21(2)3/h6-12H,13H2,1-5H3,(H,20,23). The van der Waals surface area contributed by atoms with Gasteiger partial charge < -0.3 is 15.0 Å². The van der Waals surface area contributed by atoms with E-state index in [1.807, 2.05) is 39.2 Å². The molecule has 0 unspecified atom stereocenters. The lowest BCUT2D eigenvalue weighted by Crippen LogP contribution is -2.24. The predicted octanol–water partition coefficient (Wildman–Crippen LogP) is 2.33. The number of carbonyl (C=O) groups is 1. The maximum absolute atomic E-state index is 12.4. The minimum atomic E-state index is -3.61. The molecule has 0 aliphatic carbocycles. The molecule has 0 radical (unpaired) electrons. The van der Waals surface area contributed by atoms with Crippen LogP contribution in [0.4, 0.5) is 11.4 Å². The summed E-state index contributed by atoms with van der Waals surface area (Å²) >= 11 is 0. The van der Waals surface area contributed by atoms with Gasteiger partial charge in [-0.25, -0.2) is 12.7 Å². The van der Waals surface area contributed by atoms with Gasteiger partial charge in [0.05, 0.1) is 16.3 Å². The van der Waals surface area contributed by atoms with E-state index in [4.69, 9.17) is 4.74 Å². The number of benzene rings is 2. The van der Waals surface area contributed by atoms with E-state index in [2.05, 4.69) is 5.32 Å². The minimum absolute atomic E-state index is 0.105. The maximum atomic E-state index is 12.4. The van der Waals surface area contributed by atoms with Crippen molar-refractivity contribution in [2.24, 2.45) is 0 Å². The molecule has 1 amide bonds. The van der Waals surface area contributed by atoms with Crippen molar-refractivity contribution in [3.8, 4) is 5.75 Å². The largest absolute Gasteiger partial charge is 0.484 e. The number of nitrogens with zero attached hydrogens (tertiary/aromatic N) is 2. The molecule has 0 aromatic heterocycles. The van der Waals surface area contributed by atoms with Crippen molar-refractivity contribution in [1.82, 2.24) is 4.31 Å². The molecule has 0 heterocycles. The summed E-state index contributed by atoms with van der Waals surface area (Å²) in [5.41, 5.74) is 2.13. The van der Waals surface area contributed by atoms with E-state index in [1.54, 1.807) is 17.0 Å². The molecule has 146 valence electrons. The monoisotopic (exact) mass is 391 g/mol. The first-order valence-corrected chi connectivity index (χ1v) is 9.78. The SMILES string of the molecule is Cc1cccc(OCC(=O)Nc2cc(S(=O)(=O)N(C)C)ccc2N(C)C)c1. The van der Waals surface area contributed by atoms with Gasteiger partial charge >= 0.3 is 0 Å². The Morgan fingerprint density at radius 3 is 2.37 bits per heavy atom. The predicted molar refractivity (Wildman–Crippen MR) is 107 cm³/mol. The molecule has 1 N–H and O–H groups in total. The van der Waals surface area contributed by atoms with Crippen LogP contribution in [0.25, 0.3) is 0 Å². The van der Waals surface area contributed by atoms with Crippen molar-refractivity contribution < 1.29 is 17.9 Å². The van der Waals surface area contributed by atoms with E-state index in [9.17, 15) is 13.2 Å². The molecular formula is C19H25N3O4S. The zero-order valence-electron chi connectivity index (χ0n) is 16.2. The third-order valence-electron chi connectivity index (χ3n) is 3.86. The molecule has 8 heteroatoms. The van der Waals surface area contributed by atoms with Gasteiger partial charge in [-0.1, -0.05) is 12.1 Å². The molecule has 0 aliphatic heterocycles. The van der Waals surface area contributed by atoms with Crippen molar-refractivity contribution in [3.05, 3.63) is 48.0 Å². The van der Waals surface area contributed by atoms with Crippen LogP contribution in [-0.4, -0.2) is 53.4 Å². The Balaban J connectivity index is 2.21. The first-order valence-electron chi connectivity index (χ1n) is 8.34. The highest BCUT2D eigenvalue weighted by Gasteiger charge is 2.20. The number of anilines is 2. The number of carbonyl (C=O) groups excluding carboxylic acids is 1. The maximum Gasteiger partial charge on any atom is 0.262 e. The fraction of sp³-hybridized carbons (Fsp3) is 0.316. The summed E-state index contributed by atoms with van der Waals surface area (Å²) < 4.78 is 31.4. The summed E-state index contributed by atoms with van der Waals surface area (Å²) in [7, 11) is 2.95. The van der Waals surface area contributed by atoms with E-state index >= 15 is 0 Å². The second-order valence-corrected chi connectivity index (χ2v) is 8.67. The zero-order valence-corrected chi connectivity index (χ0v) is 17.0. The number of aryl methyl sites for hydroxylation is 1. The highest BCUT2D eigenvalue weighted by molar-refractivity contribution is 7.89. The second kappa shape index (κ2) is 8.41. The molecule has 0 bridgehead atoms. The third kappa shape index (κ3) is 5.21.